The molecule has 14 atom stereocenters. The number of hydrogen-bond donors (Lipinski definition) is 17. The van der Waals surface area contributed by atoms with Crippen molar-refractivity contribution in [2.45, 2.75) is 200 Å². The molecule has 10 aliphatic rings. The van der Waals surface area contributed by atoms with Crippen molar-refractivity contribution in [3.05, 3.63) is 171 Å². The van der Waals surface area contributed by atoms with Crippen LogP contribution in [0.2, 0.25) is 5.02 Å². The first kappa shape index (κ1) is 95.1. The highest BCUT2D eigenvalue weighted by Crippen LogP contribution is 2.55. The quantitative estimate of drug-likeness (QED) is 0.0347. The minimum absolute atomic E-state index is 0.0208. The molecule has 41 heteroatoms. The summed E-state index contributed by atoms with van der Waals surface area (Å²) in [5, 5.41) is 124. The van der Waals surface area contributed by atoms with E-state index in [2.05, 4.69) is 37.2 Å². The molecule has 17 rings (SSSR count). The van der Waals surface area contributed by atoms with E-state index in [1.807, 2.05) is 4.72 Å². The van der Waals surface area contributed by atoms with E-state index in [-0.39, 0.29) is 75.0 Å². The van der Waals surface area contributed by atoms with E-state index in [1.54, 1.807) is 53.7 Å². The molecule has 6 heterocycles. The summed E-state index contributed by atoms with van der Waals surface area (Å²) in [6.45, 7) is 9.44. The molecule has 0 aromatic heterocycles. The SMILES string of the molecule is Cc1ccc(S(=O)(=O)OCCOc2ccc(S(=O)(=O)NC(=O)C[C@@H]3NC(=O)[C@H](NC(=O)[C@@H](CC(C)C)N(C)C(=O)OC(C)(C)C)[C@H](O)c4ccc(c(C)c4)Oc4cc5cc(c4O[C@@H]4O[C@H](CO)[C@@H](O)[C@H](O)[C@H]4O)Oc4ccc(cc4Cl)[C@@H](O)[C@@H]4NC(=O)[C@H](NC(=O)[C@@H]5NC3=O)c3ccc(O)c(c3)-c3c(O)cc(O)cc3[C@@H](C(=O)NC3C5CC6CC(C5)CC3C6)NC4=O)cc2)cc1. The smallest absolute Gasteiger partial charge is 0.410 e. The van der Waals surface area contributed by atoms with E-state index < -0.39 is 257 Å². The lowest BCUT2D eigenvalue weighted by atomic mass is 9.54. The third-order valence-corrected chi connectivity index (χ3v) is 27.2. The molecule has 15 bridgehead atoms. The fraction of sp³-hybridized carbons (Fsp3) is 0.433. The molecule has 7 aromatic rings. The number of benzene rings is 7. The number of rotatable bonds is 20. The molecule has 38 nitrogen and oxygen atoms in total. The average Bonchev–Trinajstić information content (AvgIpc) is 0.753. The number of sulfonamides is 1. The predicted molar refractivity (Wildman–Crippen MR) is 461 cm³/mol. The summed E-state index contributed by atoms with van der Waals surface area (Å²) in [4.78, 5) is 140. The molecule has 1 saturated heterocycles. The number of nitrogens with one attached hydrogen (secondary N) is 8. The van der Waals surface area contributed by atoms with E-state index in [1.165, 1.54) is 50.4 Å². The van der Waals surface area contributed by atoms with Crippen molar-refractivity contribution in [2.24, 2.45) is 29.6 Å². The van der Waals surface area contributed by atoms with Gasteiger partial charge >= 0.3 is 6.09 Å². The summed E-state index contributed by atoms with van der Waals surface area (Å²) in [6, 6.07) is 8.51. The highest BCUT2D eigenvalue weighted by Gasteiger charge is 2.52. The van der Waals surface area contributed by atoms with Crippen molar-refractivity contribution in [1.29, 1.82) is 0 Å². The third-order valence-electron chi connectivity index (χ3n) is 24.2. The molecular weight excluding hydrogens is 1770 g/mol. The number of halogens is 1. The highest BCUT2D eigenvalue weighted by molar-refractivity contribution is 7.90. The lowest BCUT2D eigenvalue weighted by Gasteiger charge is -2.54. The van der Waals surface area contributed by atoms with Crippen LogP contribution >= 0.6 is 11.6 Å². The number of aromatic hydroxyl groups is 3. The summed E-state index contributed by atoms with van der Waals surface area (Å²) in [6.07, 6.45) is -12.9. The second-order valence-corrected chi connectivity index (χ2v) is 39.1. The number of aryl methyl sites for hydroxylation is 2. The van der Waals surface area contributed by atoms with Crippen LogP contribution in [0.25, 0.3) is 11.1 Å². The largest absolute Gasteiger partial charge is 0.508 e. The van der Waals surface area contributed by atoms with Gasteiger partial charge in [-0.1, -0.05) is 61.3 Å². The van der Waals surface area contributed by atoms with Crippen molar-refractivity contribution >= 4 is 85.1 Å². The van der Waals surface area contributed by atoms with Crippen LogP contribution in [-0.2, 0) is 72.2 Å². The molecule has 700 valence electrons. The normalized spacial score (nSPS) is 26.2. The Labute approximate surface area is 757 Å². The second kappa shape index (κ2) is 38.5. The number of nitrogens with zero attached hydrogens (tertiary/aromatic N) is 1. The molecule has 4 aliphatic carbocycles. The molecule has 17 N–H and O–H groups in total. The van der Waals surface area contributed by atoms with Gasteiger partial charge in [-0.05, 0) is 227 Å². The van der Waals surface area contributed by atoms with Crippen LogP contribution in [0.15, 0.2) is 137 Å². The zero-order valence-corrected chi connectivity index (χ0v) is 74.5. The Morgan fingerprint density at radius 3 is 1.86 bits per heavy atom. The maximum Gasteiger partial charge on any atom is 0.410 e. The number of ether oxygens (including phenoxy) is 6. The van der Waals surface area contributed by atoms with Crippen LogP contribution in [0.3, 0.4) is 0 Å². The molecule has 7 aromatic carbocycles. The molecule has 4 saturated carbocycles. The van der Waals surface area contributed by atoms with E-state index >= 15 is 33.6 Å². The first-order valence-electron chi connectivity index (χ1n) is 42.4. The fourth-order valence-electron chi connectivity index (χ4n) is 17.9. The minimum Gasteiger partial charge on any atom is -0.508 e. The Morgan fingerprint density at radius 2 is 1.23 bits per heavy atom. The van der Waals surface area contributed by atoms with Gasteiger partial charge in [-0.3, -0.25) is 47.4 Å². The van der Waals surface area contributed by atoms with E-state index in [0.717, 1.165) is 121 Å². The number of carbonyl (C=O) groups is 9. The van der Waals surface area contributed by atoms with Gasteiger partial charge in [0.25, 0.3) is 20.1 Å². The number of amides is 9. The van der Waals surface area contributed by atoms with Gasteiger partial charge in [0.1, 0.15) is 132 Å². The van der Waals surface area contributed by atoms with Crippen molar-refractivity contribution in [1.82, 2.24) is 46.8 Å². The summed E-state index contributed by atoms with van der Waals surface area (Å²) in [5.41, 5.74) is -2.80. The Kier molecular flexibility index (Phi) is 27.9. The average molecular weight is 1870 g/mol. The standard InChI is InChI=1S/C90H102ClN9O29S2/c1-40(2)25-59(100(8)89(118)129-90(5,6)7)82(112)97-73-75(106)46-12-21-62(42(4)26-46)125-64-34-50-35-65(80(64)128-88-79(110)78(109)77(108)66(39-101)127-88)126-63-22-13-47(33-57(63)91)76(107)74-87(117)96-72(85(115)93-69-48-28-43-27-44(30-48)31-49(69)29-43)56-36-51(102)37-61(104)68(56)55-32-45(11-20-60(55)103)70(83(113)98-74)95-84(114)71(50)94-81(111)58(92-86(73)116)38-67(105)99-130(119,120)53-18-14-52(15-19-53)123-23-24-124-131(121,122)54-16-9-41(3)10-17-54/h9-22,26,32-37,40,43-44,48-49,58-59,66,69-79,88,101-104,106-110H,23-25,27-31,38-39H2,1-8H3,(H,92,116)(H,93,115)(H,94,111)(H,95,114)(H,96,117)(H,97,112)(H,98,113)(H,99,105)/t43?,44?,48?,49?,58-,59+,66+,69?,70+,71+,72-,73+,74-,75+,76+,77+,78-,79+,88-/m0/s1. The van der Waals surface area contributed by atoms with Crippen LogP contribution < -0.4 is 60.9 Å². The number of aliphatic hydroxyl groups excluding tert-OH is 6. The summed E-state index contributed by atoms with van der Waals surface area (Å²) >= 11 is 7.20. The fourth-order valence-corrected chi connectivity index (χ4v) is 20.0. The number of carbonyl (C=O) groups excluding carboxylic acids is 9. The van der Waals surface area contributed by atoms with Crippen LogP contribution in [0.4, 0.5) is 4.79 Å². The number of phenols is 3. The van der Waals surface area contributed by atoms with E-state index in [9.17, 15) is 72.4 Å². The van der Waals surface area contributed by atoms with Crippen LogP contribution in [0.5, 0.6) is 51.7 Å². The van der Waals surface area contributed by atoms with Crippen LogP contribution in [0, 0.1) is 43.4 Å². The summed E-state index contributed by atoms with van der Waals surface area (Å²) in [5.74, 6) is -15.2. The Morgan fingerprint density at radius 1 is 0.618 bits per heavy atom. The lowest BCUT2D eigenvalue weighted by molar-refractivity contribution is -0.277. The number of phenolic OH excluding ortho intramolecular Hbond substituents is 3. The molecule has 9 amide bonds. The zero-order valence-electron chi connectivity index (χ0n) is 72.1. The van der Waals surface area contributed by atoms with Gasteiger partial charge in [0.2, 0.25) is 59.3 Å². The van der Waals surface area contributed by atoms with Crippen molar-refractivity contribution in [3.63, 3.8) is 0 Å². The lowest BCUT2D eigenvalue weighted by Crippen LogP contribution is -2.60. The van der Waals surface area contributed by atoms with Crippen molar-refractivity contribution < 1.29 is 139 Å². The van der Waals surface area contributed by atoms with Gasteiger partial charge in [0.05, 0.1) is 27.8 Å². The van der Waals surface area contributed by atoms with Gasteiger partial charge in [0, 0.05) is 30.3 Å². The van der Waals surface area contributed by atoms with Crippen molar-refractivity contribution in [3.8, 4) is 62.9 Å². The Hall–Kier alpha value is -12.0. The molecule has 0 spiro atoms. The number of likely N-dealkylation sites (N-methyl/N-ethyl adjacent to an activating group) is 1. The molecule has 0 unspecified atom stereocenters. The first-order chi connectivity index (χ1) is 61.9. The highest BCUT2D eigenvalue weighted by atomic mass is 35.5. The molecule has 131 heavy (non-hydrogen) atoms. The topological polar surface area (TPSA) is 568 Å². The van der Waals surface area contributed by atoms with Gasteiger partial charge in [-0.15, -0.1) is 0 Å². The van der Waals surface area contributed by atoms with E-state index in [4.69, 9.17) is 44.2 Å². The monoisotopic (exact) mass is 1870 g/mol. The molecule has 5 fully saturated rings. The van der Waals surface area contributed by atoms with Gasteiger partial charge in [0.15, 0.2) is 11.5 Å². The molecule has 6 aliphatic heterocycles. The minimum atomic E-state index is -5.09. The third kappa shape index (κ3) is 21.0. The number of aliphatic hydroxyl groups is 6. The zero-order chi connectivity index (χ0) is 94.5. The van der Waals surface area contributed by atoms with Gasteiger partial charge in [-0.2, -0.15) is 8.42 Å². The van der Waals surface area contributed by atoms with Crippen LogP contribution in [-0.4, -0.2) is 214 Å². The predicted octanol–water partition coefficient (Wildman–Crippen LogP) is 5.14. The number of fused-ring (bicyclic) bond motifs is 15. The van der Waals surface area contributed by atoms with E-state index in [0.29, 0.717) is 11.8 Å². The molecule has 0 radical (unpaired) electrons. The van der Waals surface area contributed by atoms with Crippen LogP contribution in [0.1, 0.15) is 149 Å². The maximum atomic E-state index is 16.6. The summed E-state index contributed by atoms with van der Waals surface area (Å²) in [7, 11) is -8.08. The Bertz CT molecular complexity index is 5820. The number of hydrogen-bond acceptors (Lipinski definition) is 29. The Balaban J connectivity index is 0.917. The second-order valence-electron chi connectivity index (χ2n) is 35.4. The van der Waals surface area contributed by atoms with Gasteiger partial charge < -0.3 is 112 Å². The maximum absolute atomic E-state index is 16.6. The molecular formula is C90H102ClN9O29S2. The first-order valence-corrected chi connectivity index (χ1v) is 45.7. The van der Waals surface area contributed by atoms with Crippen molar-refractivity contribution in [2.75, 3.05) is 26.9 Å². The summed E-state index contributed by atoms with van der Waals surface area (Å²) < 4.78 is 98.6. The van der Waals surface area contributed by atoms with Gasteiger partial charge in [-0.25, -0.2) is 17.9 Å².